The molecular weight excluding hydrogens is 1180 g/mol. The van der Waals surface area contributed by atoms with Crippen LogP contribution < -0.4 is 0 Å². The standard InChI is InChI=1S/C60H96O29/c1-23-44(85-49-40(74)35(69)28(66)20-79-49)46(82-24(2)64)43(77)51(81-23)87-47-36(70)29(67)21-80-53(47)89-54(78)60-14-13-55(3,4)15-26(60)25-9-10-33-56(5)16-27(65)48(57(6,22-63)32(56)11-12-58(33,7)59(25,8)17-34(60)68)88-52-42(76)45(38(72)31(19-62)84-52)86-50-41(75)39(73)37(71)30(18-61)83-50/h9,23,26-53,61-63,65-77H,10-22H2,1-8H3/t23-,26-,27-,28+,29+,30+,31+,32?,33?,34+,35-,36+,37+,38+,39-,40+,41+,42+,43+,44-,45-,46-,47-,48-,49-,50-,51-,52-,53+,56-,57-,58+,59+,60+/m0/s1. The molecule has 0 aromatic carbocycles. The van der Waals surface area contributed by atoms with Crippen molar-refractivity contribution in [1.82, 2.24) is 0 Å². The van der Waals surface area contributed by atoms with Gasteiger partial charge in [-0.25, -0.2) is 0 Å². The summed E-state index contributed by atoms with van der Waals surface area (Å²) in [5, 5.41) is 177. The molecule has 0 spiro atoms. The number of carbonyl (C=O) groups is 2. The van der Waals surface area contributed by atoms with Gasteiger partial charge in [0, 0.05) is 12.3 Å². The van der Waals surface area contributed by atoms with Crippen molar-refractivity contribution in [1.29, 1.82) is 0 Å². The molecule has 5 saturated heterocycles. The molecule has 29 heteroatoms. The zero-order chi connectivity index (χ0) is 65.2. The summed E-state index contributed by atoms with van der Waals surface area (Å²) in [5.41, 5.74) is -4.41. The second-order valence-corrected chi connectivity index (χ2v) is 28.9. The number of fused-ring (bicyclic) bond motifs is 7. The van der Waals surface area contributed by atoms with Crippen molar-refractivity contribution < 1.29 is 143 Å². The highest BCUT2D eigenvalue weighted by molar-refractivity contribution is 5.80. The third kappa shape index (κ3) is 11.7. The molecule has 10 aliphatic rings. The maximum absolute atomic E-state index is 15.5. The highest BCUT2D eigenvalue weighted by atomic mass is 16.8. The Morgan fingerprint density at radius 1 is 0.551 bits per heavy atom. The van der Waals surface area contributed by atoms with E-state index in [0.29, 0.717) is 32.1 Å². The molecular formula is C60H96O29. The Morgan fingerprint density at radius 3 is 1.76 bits per heavy atom. The lowest BCUT2D eigenvalue weighted by Gasteiger charge is -2.72. The second-order valence-electron chi connectivity index (χ2n) is 28.9. The van der Waals surface area contributed by atoms with Crippen LogP contribution in [0.25, 0.3) is 0 Å². The number of hydrogen-bond acceptors (Lipinski definition) is 29. The lowest BCUT2D eigenvalue weighted by molar-refractivity contribution is -0.375. The number of rotatable bonds is 14. The van der Waals surface area contributed by atoms with Gasteiger partial charge in [0.05, 0.1) is 57.5 Å². The van der Waals surface area contributed by atoms with Crippen LogP contribution >= 0.6 is 0 Å². The van der Waals surface area contributed by atoms with E-state index in [1.54, 1.807) is 6.92 Å². The summed E-state index contributed by atoms with van der Waals surface area (Å²) in [7, 11) is 0. The Bertz CT molecular complexity index is 2530. The molecule has 29 nitrogen and oxygen atoms in total. The number of allylic oxidation sites excluding steroid dienone is 2. The van der Waals surface area contributed by atoms with Crippen molar-refractivity contribution in [3.8, 4) is 0 Å². The Labute approximate surface area is 515 Å². The van der Waals surface area contributed by atoms with Gasteiger partial charge in [-0.05, 0) is 97.7 Å². The maximum atomic E-state index is 15.5. The maximum Gasteiger partial charge on any atom is 0.317 e. The molecule has 2 unspecified atom stereocenters. The molecule has 5 aliphatic carbocycles. The summed E-state index contributed by atoms with van der Waals surface area (Å²) in [6.45, 7) is 11.8. The van der Waals surface area contributed by atoms with E-state index in [4.69, 9.17) is 52.1 Å². The predicted octanol–water partition coefficient (Wildman–Crippen LogP) is -4.42. The Balaban J connectivity index is 0.889. The normalized spacial score (nSPS) is 54.1. The molecule has 5 aliphatic heterocycles. The van der Waals surface area contributed by atoms with Crippen LogP contribution in [0.3, 0.4) is 0 Å². The Hall–Kier alpha value is -2.32. The Kier molecular flexibility index (Phi) is 20.1. The van der Waals surface area contributed by atoms with Gasteiger partial charge in [-0.15, -0.1) is 0 Å². The van der Waals surface area contributed by atoms with Crippen LogP contribution in [-0.4, -0.2) is 286 Å². The average molecular weight is 1280 g/mol. The van der Waals surface area contributed by atoms with Gasteiger partial charge in [0.1, 0.15) is 97.0 Å². The van der Waals surface area contributed by atoms with Gasteiger partial charge in [0.15, 0.2) is 37.4 Å². The van der Waals surface area contributed by atoms with Crippen LogP contribution in [0.15, 0.2) is 11.6 Å². The molecule has 34 atom stereocenters. The molecule has 0 bridgehead atoms. The number of aliphatic hydroxyl groups excluding tert-OH is 16. The number of carbonyl (C=O) groups excluding carboxylic acids is 2. The molecule has 0 amide bonds. The molecule has 10 rings (SSSR count). The van der Waals surface area contributed by atoms with Crippen molar-refractivity contribution in [2.24, 2.45) is 50.2 Å². The van der Waals surface area contributed by atoms with E-state index in [2.05, 4.69) is 40.7 Å². The zero-order valence-electron chi connectivity index (χ0n) is 51.5. The molecule has 9 fully saturated rings. The molecule has 5 heterocycles. The van der Waals surface area contributed by atoms with Crippen molar-refractivity contribution in [2.45, 2.75) is 266 Å². The number of esters is 2. The summed E-state index contributed by atoms with van der Waals surface area (Å²) in [6, 6.07) is 0. The predicted molar refractivity (Wildman–Crippen MR) is 296 cm³/mol. The molecule has 89 heavy (non-hydrogen) atoms. The van der Waals surface area contributed by atoms with Crippen molar-refractivity contribution in [2.75, 3.05) is 33.0 Å². The SMILES string of the molecule is CC(=O)O[C@H]1[C@@H](O)[C@H](O[C@@H]2[C@@H](OC(=O)[C@]34CCC(C)(C)C[C@H]3C3=CCC5[C@@]6(C)C[C@H](O)[C@H](O[C@@H]7O[C@H](CO)[C@@H](O)[C@H](O[C@@H]8O[C@H](CO)[C@@H](O)[C@H](O)[C@H]8O)[C@H]7O)[C@@](C)(CO)C6CC[C@@]5(C)[C@]3(C)C[C@H]4O)OC[C@@H](O)[C@H]2O)O[C@@H](C)[C@@H]1O[C@@H]1OC[C@@H](O)[C@H](O)[C@H]1O. The first-order valence-corrected chi connectivity index (χ1v) is 31.3. The van der Waals surface area contributed by atoms with E-state index in [1.165, 1.54) is 6.92 Å². The van der Waals surface area contributed by atoms with E-state index >= 15 is 4.79 Å². The molecule has 0 radical (unpaired) electrons. The first-order valence-electron chi connectivity index (χ1n) is 31.3. The highest BCUT2D eigenvalue weighted by Crippen LogP contribution is 2.76. The van der Waals surface area contributed by atoms with Gasteiger partial charge >= 0.3 is 11.9 Å². The van der Waals surface area contributed by atoms with E-state index in [1.807, 2.05) is 0 Å². The summed E-state index contributed by atoms with van der Waals surface area (Å²) in [4.78, 5) is 28.0. The second kappa shape index (κ2) is 25.7. The fourth-order valence-corrected chi connectivity index (χ4v) is 17.9. The minimum absolute atomic E-state index is 0.0847. The smallest absolute Gasteiger partial charge is 0.317 e. The molecule has 0 aromatic rings. The monoisotopic (exact) mass is 1280 g/mol. The van der Waals surface area contributed by atoms with Crippen molar-refractivity contribution in [3.05, 3.63) is 11.6 Å². The van der Waals surface area contributed by atoms with Crippen LogP contribution in [-0.2, 0) is 61.7 Å². The van der Waals surface area contributed by atoms with Gasteiger partial charge < -0.3 is 134 Å². The third-order valence-corrected chi connectivity index (χ3v) is 23.1. The first kappa shape index (κ1) is 69.5. The van der Waals surface area contributed by atoms with Crippen LogP contribution in [0.5, 0.6) is 0 Å². The lowest BCUT2D eigenvalue weighted by Crippen LogP contribution is -2.71. The fraction of sp³-hybridized carbons (Fsp3) is 0.933. The minimum Gasteiger partial charge on any atom is -0.457 e. The van der Waals surface area contributed by atoms with Gasteiger partial charge in [0.2, 0.25) is 6.29 Å². The lowest BCUT2D eigenvalue weighted by atomic mass is 9.33. The number of ether oxygens (including phenoxy) is 11. The van der Waals surface area contributed by atoms with E-state index in [-0.39, 0.29) is 36.5 Å². The summed E-state index contributed by atoms with van der Waals surface area (Å²) >= 11 is 0. The van der Waals surface area contributed by atoms with Crippen LogP contribution in [0.1, 0.15) is 107 Å². The van der Waals surface area contributed by atoms with Crippen LogP contribution in [0.4, 0.5) is 0 Å². The molecule has 0 aromatic heterocycles. The van der Waals surface area contributed by atoms with E-state index < -0.39 is 238 Å². The molecule has 16 N–H and O–H groups in total. The number of aliphatic hydroxyl groups is 16. The van der Waals surface area contributed by atoms with Gasteiger partial charge in [0.25, 0.3) is 0 Å². The average Bonchev–Trinajstić information content (AvgIpc) is 0.676. The van der Waals surface area contributed by atoms with Gasteiger partial charge in [-0.1, -0.05) is 53.2 Å². The zero-order valence-corrected chi connectivity index (χ0v) is 51.5. The molecule has 4 saturated carbocycles. The van der Waals surface area contributed by atoms with Gasteiger partial charge in [-0.3, -0.25) is 9.59 Å². The summed E-state index contributed by atoms with van der Waals surface area (Å²) in [6.07, 6.45) is -37.5. The fourth-order valence-electron chi connectivity index (χ4n) is 17.9. The quantitative estimate of drug-likeness (QED) is 0.0443. The Morgan fingerprint density at radius 2 is 1.12 bits per heavy atom. The minimum atomic E-state index is -1.92. The number of hydrogen-bond donors (Lipinski definition) is 16. The summed E-state index contributed by atoms with van der Waals surface area (Å²) in [5.74, 6) is -2.94. The first-order chi connectivity index (χ1) is 41.7. The van der Waals surface area contributed by atoms with Crippen LogP contribution in [0, 0.1) is 50.2 Å². The van der Waals surface area contributed by atoms with Crippen LogP contribution in [0.2, 0.25) is 0 Å². The summed E-state index contributed by atoms with van der Waals surface area (Å²) < 4.78 is 65.0. The highest BCUT2D eigenvalue weighted by Gasteiger charge is 2.73. The molecule has 510 valence electrons. The largest absolute Gasteiger partial charge is 0.457 e. The third-order valence-electron chi connectivity index (χ3n) is 23.1. The van der Waals surface area contributed by atoms with Crippen molar-refractivity contribution >= 4 is 11.9 Å². The van der Waals surface area contributed by atoms with Crippen molar-refractivity contribution in [3.63, 3.8) is 0 Å². The van der Waals surface area contributed by atoms with Gasteiger partial charge in [-0.2, -0.15) is 0 Å². The van der Waals surface area contributed by atoms with E-state index in [9.17, 15) is 86.5 Å². The van der Waals surface area contributed by atoms with E-state index in [0.717, 1.165) is 12.5 Å². The topological polar surface area (TPSA) is 459 Å².